The van der Waals surface area contributed by atoms with E-state index in [1.165, 1.54) is 57.8 Å². The molecule has 0 heterocycles. The van der Waals surface area contributed by atoms with Gasteiger partial charge < -0.3 is 5.73 Å². The van der Waals surface area contributed by atoms with Crippen LogP contribution in [-0.4, -0.2) is 16.9 Å². The zero-order valence-electron chi connectivity index (χ0n) is 21.8. The van der Waals surface area contributed by atoms with Gasteiger partial charge in [0.2, 0.25) is 0 Å². The minimum Gasteiger partial charge on any atom is -0.325 e. The summed E-state index contributed by atoms with van der Waals surface area (Å²) in [5.74, 6) is 5.15. The van der Waals surface area contributed by atoms with Gasteiger partial charge in [0.25, 0.3) is 0 Å². The largest absolute Gasteiger partial charge is 0.325 e. The van der Waals surface area contributed by atoms with Gasteiger partial charge in [-0.05, 0) is 117 Å². The average Bonchev–Trinajstić information content (AvgIpc) is 3.08. The van der Waals surface area contributed by atoms with Crippen molar-refractivity contribution in [3.8, 4) is 0 Å². The van der Waals surface area contributed by atoms with E-state index in [2.05, 4.69) is 41.5 Å². The smallest absolute Gasteiger partial charge is 0.0958 e. The molecule has 0 aromatic heterocycles. The number of hydrogen-bond donors (Lipinski definition) is 2. The van der Waals surface area contributed by atoms with Crippen molar-refractivity contribution >= 4 is 0 Å². The van der Waals surface area contributed by atoms with Gasteiger partial charge >= 0.3 is 0 Å². The molecule has 0 saturated heterocycles. The molecule has 184 valence electrons. The predicted molar refractivity (Wildman–Crippen MR) is 131 cm³/mol. The second kappa shape index (κ2) is 7.69. The Balaban J connectivity index is 1.53. The lowest BCUT2D eigenvalue weighted by molar-refractivity contribution is -0.315. The molecule has 0 radical (unpaired) electrons. The van der Waals surface area contributed by atoms with Crippen LogP contribution in [0, 0.1) is 57.7 Å². The standard InChI is InChI=1S/C29H51NO2/c1-18(2)29(30)17-16-28(20(4)32-31)15-12-23-21(25(28)29)9-10-24-26(5)13-7-8-19(3)22(26)11-14-27(23,24)6/h18-25,31H,7-17,30H2,1-6H3. The fourth-order valence-electron chi connectivity index (χ4n) is 11.6. The molecule has 5 saturated carbocycles. The van der Waals surface area contributed by atoms with Crippen molar-refractivity contribution < 1.29 is 10.1 Å². The molecule has 0 aromatic carbocycles. The van der Waals surface area contributed by atoms with E-state index in [1.807, 2.05) is 0 Å². The number of nitrogens with two attached hydrogens (primary N) is 1. The van der Waals surface area contributed by atoms with E-state index in [4.69, 9.17) is 10.6 Å². The monoisotopic (exact) mass is 445 g/mol. The Hall–Kier alpha value is -0.120. The summed E-state index contributed by atoms with van der Waals surface area (Å²) in [5.41, 5.74) is 8.29. The van der Waals surface area contributed by atoms with Crippen LogP contribution in [0.3, 0.4) is 0 Å². The molecule has 0 aliphatic heterocycles. The molecule has 32 heavy (non-hydrogen) atoms. The van der Waals surface area contributed by atoms with Crippen LogP contribution in [0.5, 0.6) is 0 Å². The lowest BCUT2D eigenvalue weighted by Gasteiger charge is -2.68. The van der Waals surface area contributed by atoms with Gasteiger partial charge in [0.05, 0.1) is 6.10 Å². The van der Waals surface area contributed by atoms with E-state index in [0.29, 0.717) is 28.6 Å². The van der Waals surface area contributed by atoms with Crippen molar-refractivity contribution in [2.45, 2.75) is 124 Å². The Morgan fingerprint density at radius 1 is 0.844 bits per heavy atom. The van der Waals surface area contributed by atoms with Gasteiger partial charge in [-0.15, -0.1) is 0 Å². The number of fused-ring (bicyclic) bond motifs is 7. The zero-order chi connectivity index (χ0) is 23.1. The first kappa shape index (κ1) is 23.6. The SMILES string of the molecule is CC1CCCC2(C)C1CCC1(C)C3CCC4(C(C)OO)CCC(N)(C(C)C)C4C3CCC21. The Bertz CT molecular complexity index is 724. The second-order valence-electron chi connectivity index (χ2n) is 14.2. The van der Waals surface area contributed by atoms with E-state index in [0.717, 1.165) is 36.5 Å². The first-order chi connectivity index (χ1) is 15.0. The van der Waals surface area contributed by atoms with Gasteiger partial charge in [0, 0.05) is 11.0 Å². The van der Waals surface area contributed by atoms with Crippen LogP contribution in [0.1, 0.15) is 112 Å². The summed E-state index contributed by atoms with van der Waals surface area (Å²) in [6.07, 6.45) is 14.5. The molecular weight excluding hydrogens is 394 g/mol. The highest BCUT2D eigenvalue weighted by molar-refractivity contribution is 5.19. The molecular formula is C29H51NO2. The third-order valence-electron chi connectivity index (χ3n) is 13.3. The molecule has 0 spiro atoms. The summed E-state index contributed by atoms with van der Waals surface area (Å²) in [7, 11) is 0. The fraction of sp³-hybridized carbons (Fsp3) is 1.00. The third kappa shape index (κ3) is 2.89. The van der Waals surface area contributed by atoms with Gasteiger partial charge in [-0.3, -0.25) is 5.26 Å². The van der Waals surface area contributed by atoms with Crippen LogP contribution >= 0.6 is 0 Å². The van der Waals surface area contributed by atoms with Crippen molar-refractivity contribution in [1.82, 2.24) is 0 Å². The molecule has 3 N–H and O–H groups in total. The molecule has 5 fully saturated rings. The van der Waals surface area contributed by atoms with Crippen LogP contribution in [-0.2, 0) is 4.89 Å². The Kier molecular flexibility index (Phi) is 5.67. The highest BCUT2D eigenvalue weighted by Gasteiger charge is 2.69. The first-order valence-electron chi connectivity index (χ1n) is 14.1. The first-order valence-corrected chi connectivity index (χ1v) is 14.1. The Morgan fingerprint density at radius 2 is 1.53 bits per heavy atom. The van der Waals surface area contributed by atoms with Crippen molar-refractivity contribution in [2.24, 2.45) is 63.4 Å². The van der Waals surface area contributed by atoms with Crippen molar-refractivity contribution in [2.75, 3.05) is 0 Å². The highest BCUT2D eigenvalue weighted by Crippen LogP contribution is 2.73. The predicted octanol–water partition coefficient (Wildman–Crippen LogP) is 7.29. The molecule has 0 aromatic rings. The zero-order valence-corrected chi connectivity index (χ0v) is 21.8. The third-order valence-corrected chi connectivity index (χ3v) is 13.3. The lowest BCUT2D eigenvalue weighted by atomic mass is 9.37. The highest BCUT2D eigenvalue weighted by atomic mass is 17.1. The van der Waals surface area contributed by atoms with Crippen molar-refractivity contribution in [3.05, 3.63) is 0 Å². The van der Waals surface area contributed by atoms with Gasteiger partial charge in [0.1, 0.15) is 0 Å². The van der Waals surface area contributed by atoms with E-state index in [1.54, 1.807) is 0 Å². The topological polar surface area (TPSA) is 55.5 Å². The molecule has 0 bridgehead atoms. The van der Waals surface area contributed by atoms with Gasteiger partial charge in [-0.2, -0.15) is 0 Å². The molecule has 5 aliphatic rings. The fourth-order valence-corrected chi connectivity index (χ4v) is 11.6. The van der Waals surface area contributed by atoms with E-state index in [-0.39, 0.29) is 17.1 Å². The van der Waals surface area contributed by atoms with Crippen LogP contribution in [0.4, 0.5) is 0 Å². The number of hydrogen-bond acceptors (Lipinski definition) is 3. The normalized spacial score (nSPS) is 56.2. The quantitative estimate of drug-likeness (QED) is 0.354. The molecule has 3 heteroatoms. The van der Waals surface area contributed by atoms with Crippen LogP contribution in [0.25, 0.3) is 0 Å². The maximum atomic E-state index is 9.82. The molecule has 3 nitrogen and oxygen atoms in total. The summed E-state index contributed by atoms with van der Waals surface area (Å²) in [5, 5.41) is 9.82. The van der Waals surface area contributed by atoms with Crippen LogP contribution in [0.2, 0.25) is 0 Å². The summed E-state index contributed by atoms with van der Waals surface area (Å²) < 4.78 is 0. The Labute approximate surface area is 197 Å². The second-order valence-corrected chi connectivity index (χ2v) is 14.2. The summed E-state index contributed by atoms with van der Waals surface area (Å²) in [4.78, 5) is 5.12. The molecule has 5 aliphatic carbocycles. The minimum atomic E-state index is -0.125. The van der Waals surface area contributed by atoms with Crippen molar-refractivity contribution in [3.63, 3.8) is 0 Å². The van der Waals surface area contributed by atoms with Crippen LogP contribution in [0.15, 0.2) is 0 Å². The van der Waals surface area contributed by atoms with E-state index in [9.17, 15) is 5.26 Å². The molecule has 5 rings (SSSR count). The average molecular weight is 446 g/mol. The molecule has 11 unspecified atom stereocenters. The summed E-state index contributed by atoms with van der Waals surface area (Å²) in [6.45, 7) is 14.7. The molecule has 11 atom stereocenters. The molecule has 0 amide bonds. The Morgan fingerprint density at radius 3 is 2.22 bits per heavy atom. The van der Waals surface area contributed by atoms with Gasteiger partial charge in [-0.25, -0.2) is 4.89 Å². The lowest BCUT2D eigenvalue weighted by Crippen LogP contribution is -2.65. The van der Waals surface area contributed by atoms with Gasteiger partial charge in [0.15, 0.2) is 0 Å². The van der Waals surface area contributed by atoms with E-state index >= 15 is 0 Å². The van der Waals surface area contributed by atoms with Crippen molar-refractivity contribution in [1.29, 1.82) is 0 Å². The maximum Gasteiger partial charge on any atom is 0.0958 e. The van der Waals surface area contributed by atoms with E-state index < -0.39 is 0 Å². The number of rotatable bonds is 3. The van der Waals surface area contributed by atoms with Gasteiger partial charge in [-0.1, -0.05) is 47.5 Å². The maximum absolute atomic E-state index is 9.82. The summed E-state index contributed by atoms with van der Waals surface area (Å²) in [6, 6.07) is 0. The minimum absolute atomic E-state index is 0.0542. The summed E-state index contributed by atoms with van der Waals surface area (Å²) >= 11 is 0. The van der Waals surface area contributed by atoms with Crippen LogP contribution < -0.4 is 5.73 Å².